The molecule has 1 spiro atoms. The van der Waals surface area contributed by atoms with Crippen molar-refractivity contribution in [1.82, 2.24) is 15.1 Å². The Hall–Kier alpha value is -1.88. The first-order chi connectivity index (χ1) is 12.9. The van der Waals surface area contributed by atoms with Crippen molar-refractivity contribution in [2.75, 3.05) is 26.7 Å². The van der Waals surface area contributed by atoms with E-state index in [0.29, 0.717) is 13.0 Å². The topological polar surface area (TPSA) is 52.7 Å². The first-order valence-electron chi connectivity index (χ1n) is 10.3. The fourth-order valence-corrected chi connectivity index (χ4v) is 4.49. The van der Waals surface area contributed by atoms with Crippen molar-refractivity contribution in [2.45, 2.75) is 64.0 Å². The van der Waals surface area contributed by atoms with Crippen molar-refractivity contribution in [3.05, 3.63) is 35.4 Å². The van der Waals surface area contributed by atoms with Gasteiger partial charge in [0.05, 0.1) is 12.6 Å². The molecule has 0 bridgehead atoms. The zero-order valence-electron chi connectivity index (χ0n) is 17.0. The van der Waals surface area contributed by atoms with Crippen molar-refractivity contribution >= 4 is 11.8 Å². The number of hydrogen-bond acceptors (Lipinski definition) is 3. The number of carbonyl (C=O) groups excluding carboxylic acids is 2. The molecule has 0 aromatic heterocycles. The molecule has 1 aromatic carbocycles. The van der Waals surface area contributed by atoms with Gasteiger partial charge in [0, 0.05) is 32.1 Å². The molecule has 1 atom stereocenters. The molecule has 27 heavy (non-hydrogen) atoms. The highest BCUT2D eigenvalue weighted by Crippen LogP contribution is 2.37. The number of hydrogen-bond donors (Lipinski definition) is 1. The summed E-state index contributed by atoms with van der Waals surface area (Å²) in [5, 5.41) is 3.13. The Labute approximate surface area is 163 Å². The first-order valence-corrected chi connectivity index (χ1v) is 10.3. The first kappa shape index (κ1) is 19.9. The van der Waals surface area contributed by atoms with Gasteiger partial charge in [0.15, 0.2) is 0 Å². The monoisotopic (exact) mass is 371 g/mol. The third-order valence-corrected chi connectivity index (χ3v) is 6.44. The quantitative estimate of drug-likeness (QED) is 0.837. The SMILES string of the molecule is CCCc1ccc([C@H](C)NC(=O)CN2CCC3(CCC(=O)N3C)CC2)cc1. The van der Waals surface area contributed by atoms with Crippen molar-refractivity contribution in [3.63, 3.8) is 0 Å². The number of rotatable bonds is 6. The Bertz CT molecular complexity index is 663. The number of piperidine rings is 1. The highest BCUT2D eigenvalue weighted by atomic mass is 16.2. The fourth-order valence-electron chi connectivity index (χ4n) is 4.49. The smallest absolute Gasteiger partial charge is 0.234 e. The van der Waals surface area contributed by atoms with E-state index in [1.165, 1.54) is 5.56 Å². The van der Waals surface area contributed by atoms with Crippen molar-refractivity contribution in [3.8, 4) is 0 Å². The number of aryl methyl sites for hydroxylation is 1. The number of amides is 2. The van der Waals surface area contributed by atoms with Gasteiger partial charge in [-0.25, -0.2) is 0 Å². The molecule has 2 fully saturated rings. The molecule has 2 aliphatic heterocycles. The zero-order valence-corrected chi connectivity index (χ0v) is 17.0. The van der Waals surface area contributed by atoms with Crippen LogP contribution in [0.5, 0.6) is 0 Å². The van der Waals surface area contributed by atoms with E-state index in [4.69, 9.17) is 0 Å². The largest absolute Gasteiger partial charge is 0.348 e. The summed E-state index contributed by atoms with van der Waals surface area (Å²) in [4.78, 5) is 28.5. The molecule has 2 heterocycles. The maximum Gasteiger partial charge on any atom is 0.234 e. The molecule has 2 saturated heterocycles. The summed E-state index contributed by atoms with van der Waals surface area (Å²) in [6, 6.07) is 8.57. The zero-order chi connectivity index (χ0) is 19.4. The minimum atomic E-state index is 0.0166. The highest BCUT2D eigenvalue weighted by Gasteiger charge is 2.44. The summed E-state index contributed by atoms with van der Waals surface area (Å²) < 4.78 is 0. The summed E-state index contributed by atoms with van der Waals surface area (Å²) in [6.07, 6.45) is 5.82. The van der Waals surface area contributed by atoms with Crippen LogP contribution in [0.4, 0.5) is 0 Å². The molecule has 2 aliphatic rings. The average molecular weight is 372 g/mol. The maximum absolute atomic E-state index is 12.5. The molecule has 3 rings (SSSR count). The van der Waals surface area contributed by atoms with Crippen molar-refractivity contribution in [2.24, 2.45) is 0 Å². The Kier molecular flexibility index (Phi) is 6.20. The van der Waals surface area contributed by atoms with Crippen LogP contribution in [0.3, 0.4) is 0 Å². The molecular formula is C22H33N3O2. The number of nitrogens with one attached hydrogen (secondary N) is 1. The van der Waals surface area contributed by atoms with E-state index in [1.807, 2.05) is 18.9 Å². The van der Waals surface area contributed by atoms with Gasteiger partial charge in [0.25, 0.3) is 0 Å². The fraction of sp³-hybridized carbons (Fsp3) is 0.636. The molecule has 148 valence electrons. The van der Waals surface area contributed by atoms with Gasteiger partial charge in [-0.05, 0) is 43.7 Å². The van der Waals surface area contributed by atoms with E-state index in [2.05, 4.69) is 41.4 Å². The number of nitrogens with zero attached hydrogens (tertiary/aromatic N) is 2. The predicted octanol–water partition coefficient (Wildman–Crippen LogP) is 2.90. The van der Waals surface area contributed by atoms with Crippen molar-refractivity contribution < 1.29 is 9.59 Å². The molecule has 1 aromatic rings. The molecule has 5 heteroatoms. The third kappa shape index (κ3) is 4.52. The Morgan fingerprint density at radius 2 is 1.85 bits per heavy atom. The second kappa shape index (κ2) is 8.42. The Morgan fingerprint density at radius 3 is 2.41 bits per heavy atom. The van der Waals surface area contributed by atoms with Crippen LogP contribution in [0.1, 0.15) is 63.1 Å². The van der Waals surface area contributed by atoms with Gasteiger partial charge >= 0.3 is 0 Å². The molecule has 5 nitrogen and oxygen atoms in total. The molecule has 0 saturated carbocycles. The van der Waals surface area contributed by atoms with E-state index in [-0.39, 0.29) is 23.4 Å². The van der Waals surface area contributed by atoms with Gasteiger partial charge in [-0.3, -0.25) is 14.5 Å². The van der Waals surface area contributed by atoms with E-state index < -0.39 is 0 Å². The summed E-state index contributed by atoms with van der Waals surface area (Å²) in [5.74, 6) is 0.340. The molecule has 0 radical (unpaired) electrons. The Morgan fingerprint density at radius 1 is 1.19 bits per heavy atom. The molecular weight excluding hydrogens is 338 g/mol. The second-order valence-electron chi connectivity index (χ2n) is 8.23. The third-order valence-electron chi connectivity index (χ3n) is 6.44. The van der Waals surface area contributed by atoms with Crippen LogP contribution in [0, 0.1) is 0 Å². The van der Waals surface area contributed by atoms with Crippen LogP contribution >= 0.6 is 0 Å². The lowest BCUT2D eigenvalue weighted by molar-refractivity contribution is -0.131. The lowest BCUT2D eigenvalue weighted by Crippen LogP contribution is -2.53. The van der Waals surface area contributed by atoms with Crippen LogP contribution in [-0.2, 0) is 16.0 Å². The van der Waals surface area contributed by atoms with Gasteiger partial charge in [-0.1, -0.05) is 37.6 Å². The summed E-state index contributed by atoms with van der Waals surface area (Å²) in [6.45, 7) is 6.42. The summed E-state index contributed by atoms with van der Waals surface area (Å²) in [5.41, 5.74) is 2.53. The van der Waals surface area contributed by atoms with Gasteiger partial charge in [0.2, 0.25) is 11.8 Å². The minimum Gasteiger partial charge on any atom is -0.348 e. The van der Waals surface area contributed by atoms with Crippen LogP contribution in [-0.4, -0.2) is 53.8 Å². The lowest BCUT2D eigenvalue weighted by Gasteiger charge is -2.43. The summed E-state index contributed by atoms with van der Waals surface area (Å²) in [7, 11) is 1.94. The van der Waals surface area contributed by atoms with Gasteiger partial charge in [-0.15, -0.1) is 0 Å². The number of benzene rings is 1. The normalized spacial score (nSPS) is 20.9. The second-order valence-corrected chi connectivity index (χ2v) is 8.23. The number of likely N-dealkylation sites (tertiary alicyclic amines) is 2. The van der Waals surface area contributed by atoms with Gasteiger partial charge in [0.1, 0.15) is 0 Å². The van der Waals surface area contributed by atoms with Crippen LogP contribution in [0.25, 0.3) is 0 Å². The standard InChI is InChI=1S/C22H33N3O2/c1-4-5-18-6-8-19(9-7-18)17(2)23-20(26)16-25-14-12-22(13-15-25)11-10-21(27)24(22)3/h6-9,17H,4-5,10-16H2,1-3H3,(H,23,26)/t17-/m0/s1. The molecule has 1 N–H and O–H groups in total. The van der Waals surface area contributed by atoms with E-state index in [0.717, 1.165) is 50.8 Å². The van der Waals surface area contributed by atoms with Gasteiger partial charge in [-0.2, -0.15) is 0 Å². The van der Waals surface area contributed by atoms with E-state index in [9.17, 15) is 9.59 Å². The number of carbonyl (C=O) groups is 2. The highest BCUT2D eigenvalue weighted by molar-refractivity contribution is 5.79. The minimum absolute atomic E-state index is 0.0166. The van der Waals surface area contributed by atoms with Gasteiger partial charge < -0.3 is 10.2 Å². The van der Waals surface area contributed by atoms with Crippen LogP contribution in [0.15, 0.2) is 24.3 Å². The maximum atomic E-state index is 12.5. The van der Waals surface area contributed by atoms with E-state index in [1.54, 1.807) is 0 Å². The molecule has 0 unspecified atom stereocenters. The van der Waals surface area contributed by atoms with Crippen LogP contribution in [0.2, 0.25) is 0 Å². The Balaban J connectivity index is 1.46. The lowest BCUT2D eigenvalue weighted by atomic mass is 9.85. The summed E-state index contributed by atoms with van der Waals surface area (Å²) >= 11 is 0. The average Bonchev–Trinajstić information content (AvgIpc) is 2.93. The predicted molar refractivity (Wildman–Crippen MR) is 107 cm³/mol. The van der Waals surface area contributed by atoms with E-state index >= 15 is 0 Å². The molecule has 0 aliphatic carbocycles. The van der Waals surface area contributed by atoms with Crippen LogP contribution < -0.4 is 5.32 Å². The molecule has 2 amide bonds. The van der Waals surface area contributed by atoms with Crippen molar-refractivity contribution in [1.29, 1.82) is 0 Å².